The minimum Gasteiger partial charge on any atom is -0.477 e. The predicted molar refractivity (Wildman–Crippen MR) is 132 cm³/mol. The van der Waals surface area contributed by atoms with Gasteiger partial charge in [-0.15, -0.1) is 11.8 Å². The van der Waals surface area contributed by atoms with Gasteiger partial charge in [-0.1, -0.05) is 11.2 Å². The van der Waals surface area contributed by atoms with Crippen molar-refractivity contribution >= 4 is 57.8 Å². The van der Waals surface area contributed by atoms with Crippen molar-refractivity contribution in [2.45, 2.75) is 18.3 Å². The molecule has 0 aromatic carbocycles. The first-order valence-corrected chi connectivity index (χ1v) is 12.7. The van der Waals surface area contributed by atoms with E-state index in [-0.39, 0.29) is 29.0 Å². The molecule has 2 aliphatic heterocycles. The summed E-state index contributed by atoms with van der Waals surface area (Å²) in [7, 11) is 1.85. The first-order valence-electron chi connectivity index (χ1n) is 10.9. The lowest BCUT2D eigenvalue weighted by molar-refractivity contribution is -0.894. The standard InChI is InChI=1S/C20H25FN8O6S2/c1-3-29(2,7-11(22)30)6-4-5-10-8-36-18-13(17(32)28(18)14(10)19(33)34)24-16(31)12(26-35-9-21)15-25-20(23)37-27-15/h4-5,13,18H,3,6-9H2,1-2H3,(H5-,22,23,24,25,27,30,31,33,34)/p+1/b5-4+,26-12+/t13-,18-,29?/m0/s1. The van der Waals surface area contributed by atoms with Crippen molar-refractivity contribution in [1.82, 2.24) is 19.6 Å². The number of alkyl halides is 1. The molecule has 3 heterocycles. The van der Waals surface area contributed by atoms with E-state index in [2.05, 4.69) is 24.7 Å². The minimum absolute atomic E-state index is 0.0361. The minimum atomic E-state index is -1.31. The molecule has 0 radical (unpaired) electrons. The maximum Gasteiger partial charge on any atom is 0.352 e. The van der Waals surface area contributed by atoms with Gasteiger partial charge in [0.05, 0.1) is 20.1 Å². The molecule has 3 atom stereocenters. The number of hydrogen-bond donors (Lipinski definition) is 4. The van der Waals surface area contributed by atoms with Gasteiger partial charge in [0.2, 0.25) is 11.5 Å². The number of aliphatic carboxylic acids is 1. The summed E-state index contributed by atoms with van der Waals surface area (Å²) < 4.78 is 16.7. The second-order valence-electron chi connectivity index (χ2n) is 8.32. The average Bonchev–Trinajstić information content (AvgIpc) is 3.27. The van der Waals surface area contributed by atoms with Crippen molar-refractivity contribution in [2.75, 3.05) is 45.0 Å². The van der Waals surface area contributed by atoms with Crippen molar-refractivity contribution in [2.24, 2.45) is 10.9 Å². The van der Waals surface area contributed by atoms with Gasteiger partial charge in [-0.05, 0) is 18.6 Å². The van der Waals surface area contributed by atoms with E-state index in [1.165, 1.54) is 11.8 Å². The molecular formula is C20H26FN8O6S2+. The van der Waals surface area contributed by atoms with Gasteiger partial charge in [-0.2, -0.15) is 9.36 Å². The van der Waals surface area contributed by atoms with Crippen LogP contribution in [-0.2, 0) is 24.0 Å². The van der Waals surface area contributed by atoms with E-state index in [9.17, 15) is 28.7 Å². The van der Waals surface area contributed by atoms with E-state index in [0.717, 1.165) is 16.4 Å². The van der Waals surface area contributed by atoms with Crippen LogP contribution in [0.4, 0.5) is 9.52 Å². The Bertz CT molecular complexity index is 1190. The van der Waals surface area contributed by atoms with E-state index in [0.29, 0.717) is 23.1 Å². The predicted octanol–water partition coefficient (Wildman–Crippen LogP) is -0.985. The molecule has 1 fully saturated rings. The molecule has 0 saturated carbocycles. The highest BCUT2D eigenvalue weighted by molar-refractivity contribution is 8.00. The maximum absolute atomic E-state index is 12.9. The molecule has 0 bridgehead atoms. The summed E-state index contributed by atoms with van der Waals surface area (Å²) in [6.07, 6.45) is 3.37. The Morgan fingerprint density at radius 1 is 1.43 bits per heavy atom. The lowest BCUT2D eigenvalue weighted by Crippen LogP contribution is -2.71. The van der Waals surface area contributed by atoms with E-state index < -0.39 is 47.7 Å². The van der Waals surface area contributed by atoms with E-state index in [1.54, 1.807) is 12.2 Å². The van der Waals surface area contributed by atoms with Crippen molar-refractivity contribution < 1.29 is 38.0 Å². The Labute approximate surface area is 218 Å². The first kappa shape index (κ1) is 28.0. The Hall–Kier alpha value is -3.57. The van der Waals surface area contributed by atoms with Crippen LogP contribution in [0.15, 0.2) is 28.6 Å². The zero-order valence-electron chi connectivity index (χ0n) is 19.9. The Kier molecular flexibility index (Phi) is 8.82. The van der Waals surface area contributed by atoms with Crippen LogP contribution in [0.25, 0.3) is 0 Å². The van der Waals surface area contributed by atoms with E-state index in [1.807, 2.05) is 14.0 Å². The number of allylic oxidation sites excluding steroid dienone is 1. The van der Waals surface area contributed by atoms with Crippen LogP contribution < -0.4 is 16.8 Å². The van der Waals surface area contributed by atoms with Crippen LogP contribution in [0, 0.1) is 0 Å². The number of β-lactam (4-membered cyclic amide) rings is 1. The number of carboxylic acids is 1. The van der Waals surface area contributed by atoms with Gasteiger partial charge in [0.25, 0.3) is 24.6 Å². The Morgan fingerprint density at radius 3 is 2.73 bits per heavy atom. The van der Waals surface area contributed by atoms with Crippen LogP contribution in [0.1, 0.15) is 12.7 Å². The topological polar surface area (TPSA) is 203 Å². The molecule has 2 aliphatic rings. The molecule has 200 valence electrons. The number of nitrogens with two attached hydrogens (primary N) is 2. The summed E-state index contributed by atoms with van der Waals surface area (Å²) in [6.45, 7) is 1.78. The lowest BCUT2D eigenvalue weighted by Gasteiger charge is -2.49. The number of anilines is 1. The molecule has 14 nitrogen and oxygen atoms in total. The molecule has 1 aromatic rings. The molecule has 0 aliphatic carbocycles. The van der Waals surface area contributed by atoms with Crippen LogP contribution in [0.2, 0.25) is 0 Å². The van der Waals surface area contributed by atoms with Crippen molar-refractivity contribution in [3.8, 4) is 0 Å². The summed E-state index contributed by atoms with van der Waals surface area (Å²) in [5, 5.41) is 15.0. The number of aromatic nitrogens is 2. The zero-order chi connectivity index (χ0) is 27.3. The van der Waals surface area contributed by atoms with E-state index >= 15 is 0 Å². The van der Waals surface area contributed by atoms with Crippen molar-refractivity contribution in [3.63, 3.8) is 0 Å². The van der Waals surface area contributed by atoms with Crippen LogP contribution in [0.5, 0.6) is 0 Å². The summed E-state index contributed by atoms with van der Waals surface area (Å²) >= 11 is 2.04. The number of carbonyl (C=O) groups excluding carboxylic acids is 3. The number of nitrogens with zero attached hydrogens (tertiary/aromatic N) is 5. The highest BCUT2D eigenvalue weighted by Crippen LogP contribution is 2.40. The van der Waals surface area contributed by atoms with Gasteiger partial charge in [-0.25, -0.2) is 9.18 Å². The van der Waals surface area contributed by atoms with Crippen LogP contribution >= 0.6 is 23.3 Å². The van der Waals surface area contributed by atoms with Gasteiger partial charge in [0.15, 0.2) is 11.7 Å². The van der Waals surface area contributed by atoms with Gasteiger partial charge in [0, 0.05) is 17.3 Å². The number of hydrogen-bond acceptors (Lipinski definition) is 11. The zero-order valence-corrected chi connectivity index (χ0v) is 21.6. The molecule has 0 spiro atoms. The number of carboxylic acid groups (broad SMARTS) is 1. The number of primary amides is 1. The van der Waals surface area contributed by atoms with Crippen molar-refractivity contribution in [3.05, 3.63) is 29.2 Å². The number of amides is 3. The molecule has 37 heavy (non-hydrogen) atoms. The molecule has 3 amide bonds. The number of oxime groups is 1. The van der Waals surface area contributed by atoms with Gasteiger partial charge < -0.3 is 31.2 Å². The molecule has 3 rings (SSSR count). The largest absolute Gasteiger partial charge is 0.477 e. The fourth-order valence-corrected chi connectivity index (χ4v) is 5.47. The highest BCUT2D eigenvalue weighted by Gasteiger charge is 2.54. The number of fused-ring (bicyclic) bond motifs is 1. The van der Waals surface area contributed by atoms with Gasteiger partial charge >= 0.3 is 5.97 Å². The Morgan fingerprint density at radius 2 is 2.16 bits per heavy atom. The normalized spacial score (nSPS) is 21.3. The smallest absolute Gasteiger partial charge is 0.352 e. The van der Waals surface area contributed by atoms with E-state index in [4.69, 9.17) is 11.5 Å². The average molecular weight is 558 g/mol. The second kappa shape index (κ2) is 11.7. The Balaban J connectivity index is 1.76. The molecule has 1 unspecified atom stereocenters. The monoisotopic (exact) mass is 557 g/mol. The number of nitrogens with one attached hydrogen (secondary N) is 1. The number of carbonyl (C=O) groups is 4. The van der Waals surface area contributed by atoms with Gasteiger partial charge in [-0.3, -0.25) is 19.3 Å². The highest BCUT2D eigenvalue weighted by atomic mass is 32.2. The van der Waals surface area contributed by atoms with Gasteiger partial charge in [0.1, 0.15) is 17.1 Å². The molecular weight excluding hydrogens is 531 g/mol. The summed E-state index contributed by atoms with van der Waals surface area (Å²) in [5.41, 5.74) is 10.6. The third-order valence-corrected chi connectivity index (χ3v) is 7.57. The summed E-state index contributed by atoms with van der Waals surface area (Å²) in [5.74, 6) is -3.26. The molecule has 1 saturated heterocycles. The van der Waals surface area contributed by atoms with Crippen LogP contribution in [-0.4, -0.2) is 104 Å². The summed E-state index contributed by atoms with van der Waals surface area (Å²) in [4.78, 5) is 58.4. The fraction of sp³-hybridized carbons (Fsp3) is 0.450. The SMILES string of the molecule is CC[N+](C)(C/C=C/C1=C(C(=O)O)N2C(=O)[C@H](NC(=O)/C(=N/OCF)c3nsc(N)n3)[C@@H]2SC1)CC(N)=O. The van der Waals surface area contributed by atoms with Crippen LogP contribution in [0.3, 0.4) is 0 Å². The number of quaternary nitrogens is 1. The first-order chi connectivity index (χ1) is 17.5. The lowest BCUT2D eigenvalue weighted by atomic mass is 10.0. The number of thioether (sulfide) groups is 1. The molecule has 1 aromatic heterocycles. The molecule has 17 heteroatoms. The third-order valence-electron chi connectivity index (χ3n) is 5.73. The summed E-state index contributed by atoms with van der Waals surface area (Å²) in [6, 6.07) is -1.07. The third kappa shape index (κ3) is 6.23. The fourth-order valence-electron chi connectivity index (χ4n) is 3.72. The number of rotatable bonds is 12. The number of halogens is 1. The number of nitrogen functional groups attached to an aromatic ring is 1. The quantitative estimate of drug-likeness (QED) is 0.107. The maximum atomic E-state index is 12.9. The second-order valence-corrected chi connectivity index (χ2v) is 10.2. The van der Waals surface area contributed by atoms with Crippen molar-refractivity contribution in [1.29, 1.82) is 0 Å². The number of likely N-dealkylation sites (N-methyl/N-ethyl adjacent to an activating group) is 1. The molecule has 6 N–H and O–H groups in total.